The van der Waals surface area contributed by atoms with Gasteiger partial charge >= 0.3 is 0 Å². The van der Waals surface area contributed by atoms with Crippen LogP contribution in [0.5, 0.6) is 0 Å². The molecule has 1 unspecified atom stereocenters. The number of nitrogens with one attached hydrogen (secondary N) is 1. The number of hydrogen-bond donors (Lipinski definition) is 1. The molecule has 1 N–H and O–H groups in total. The summed E-state index contributed by atoms with van der Waals surface area (Å²) in [6.07, 6.45) is 0. The Balaban J connectivity index is 2.30. The molecule has 0 bridgehead atoms. The van der Waals surface area contributed by atoms with E-state index in [9.17, 15) is 4.79 Å². The van der Waals surface area contributed by atoms with Crippen molar-refractivity contribution in [3.05, 3.63) is 29.6 Å². The highest BCUT2D eigenvalue weighted by Gasteiger charge is 2.17. The van der Waals surface area contributed by atoms with Gasteiger partial charge in [-0.3, -0.25) is 4.79 Å². The molecule has 1 amide bonds. The van der Waals surface area contributed by atoms with Crippen LogP contribution in [0.15, 0.2) is 18.2 Å². The maximum atomic E-state index is 12.0. The van der Waals surface area contributed by atoms with Gasteiger partial charge in [0.15, 0.2) is 0 Å². The average Bonchev–Trinajstić information content (AvgIpc) is 2.80. The van der Waals surface area contributed by atoms with E-state index in [1.165, 1.54) is 0 Å². The fraction of sp³-hybridized carbons (Fsp3) is 0.467. The lowest BCUT2D eigenvalue weighted by atomic mass is 10.2. The van der Waals surface area contributed by atoms with Gasteiger partial charge in [0, 0.05) is 13.7 Å². The molecule has 21 heavy (non-hydrogen) atoms. The summed E-state index contributed by atoms with van der Waals surface area (Å²) in [6.45, 7) is 5.05. The number of para-hydroxylation sites is 1. The highest BCUT2D eigenvalue weighted by molar-refractivity contribution is 6.20. The molecule has 5 nitrogen and oxygen atoms in total. The molecule has 6 heteroatoms. The van der Waals surface area contributed by atoms with Gasteiger partial charge in [-0.15, -0.1) is 11.6 Å². The van der Waals surface area contributed by atoms with E-state index in [1.54, 1.807) is 7.11 Å². The third-order valence-corrected chi connectivity index (χ3v) is 3.49. The number of benzene rings is 1. The van der Waals surface area contributed by atoms with Crippen LogP contribution in [0, 0.1) is 6.92 Å². The number of aromatic nitrogens is 2. The normalized spacial score (nSPS) is 12.6. The maximum Gasteiger partial charge on any atom is 0.240 e. The van der Waals surface area contributed by atoms with Crippen LogP contribution in [0.25, 0.3) is 11.0 Å². The summed E-state index contributed by atoms with van der Waals surface area (Å²) in [4.78, 5) is 16.6. The predicted octanol–water partition coefficient (Wildman–Crippen LogP) is 2.41. The minimum atomic E-state index is -0.261. The number of imidazole rings is 1. The Morgan fingerprint density at radius 3 is 2.95 bits per heavy atom. The first kappa shape index (κ1) is 15.8. The Hall–Kier alpha value is -1.59. The molecule has 0 aliphatic heterocycles. The molecule has 0 saturated heterocycles. The Kier molecular flexibility index (Phi) is 5.20. The lowest BCUT2D eigenvalue weighted by Crippen LogP contribution is -2.30. The molecule has 114 valence electrons. The van der Waals surface area contributed by atoms with E-state index in [4.69, 9.17) is 16.3 Å². The summed E-state index contributed by atoms with van der Waals surface area (Å²) in [5.74, 6) is 0.634. The van der Waals surface area contributed by atoms with E-state index < -0.39 is 0 Å². The number of hydrogen-bond acceptors (Lipinski definition) is 3. The largest absolute Gasteiger partial charge is 0.383 e. The Bertz CT molecular complexity index is 637. The molecule has 0 spiro atoms. The maximum absolute atomic E-state index is 12.0. The molecule has 2 aromatic rings. The van der Waals surface area contributed by atoms with Crippen molar-refractivity contribution in [1.29, 1.82) is 0 Å². The Labute approximate surface area is 129 Å². The summed E-state index contributed by atoms with van der Waals surface area (Å²) >= 11 is 6.21. The number of aryl methyl sites for hydroxylation is 1. The summed E-state index contributed by atoms with van der Waals surface area (Å²) in [7, 11) is 1.60. The number of alkyl halides is 1. The SMILES string of the molecule is COCCNC(=O)Cn1c(C(C)Cl)nc2c(C)cccc21. The summed E-state index contributed by atoms with van der Waals surface area (Å²) in [5, 5.41) is 2.55. The van der Waals surface area contributed by atoms with Crippen molar-refractivity contribution < 1.29 is 9.53 Å². The average molecular weight is 310 g/mol. The molecular weight excluding hydrogens is 290 g/mol. The number of nitrogens with zero attached hydrogens (tertiary/aromatic N) is 2. The van der Waals surface area contributed by atoms with Crippen LogP contribution in [0.1, 0.15) is 23.7 Å². The second-order valence-electron chi connectivity index (χ2n) is 4.96. The number of rotatable bonds is 6. The van der Waals surface area contributed by atoms with E-state index in [0.717, 1.165) is 16.6 Å². The van der Waals surface area contributed by atoms with E-state index >= 15 is 0 Å². The minimum Gasteiger partial charge on any atom is -0.383 e. The molecule has 1 aromatic heterocycles. The molecule has 0 fully saturated rings. The molecule has 2 rings (SSSR count). The molecule has 0 radical (unpaired) electrons. The van der Waals surface area contributed by atoms with Crippen molar-refractivity contribution in [2.75, 3.05) is 20.3 Å². The third-order valence-electron chi connectivity index (χ3n) is 3.30. The van der Waals surface area contributed by atoms with Gasteiger partial charge in [-0.1, -0.05) is 12.1 Å². The smallest absolute Gasteiger partial charge is 0.240 e. The zero-order chi connectivity index (χ0) is 15.4. The first-order valence-electron chi connectivity index (χ1n) is 6.90. The lowest BCUT2D eigenvalue weighted by Gasteiger charge is -2.11. The van der Waals surface area contributed by atoms with Crippen LogP contribution in [0.4, 0.5) is 0 Å². The van der Waals surface area contributed by atoms with Crippen LogP contribution >= 0.6 is 11.6 Å². The number of amides is 1. The molecule has 1 aromatic carbocycles. The molecule has 0 saturated carbocycles. The van der Waals surface area contributed by atoms with Gasteiger partial charge in [-0.2, -0.15) is 0 Å². The van der Waals surface area contributed by atoms with Crippen molar-refractivity contribution >= 4 is 28.5 Å². The van der Waals surface area contributed by atoms with Crippen molar-refractivity contribution in [2.24, 2.45) is 0 Å². The van der Waals surface area contributed by atoms with Crippen molar-refractivity contribution in [1.82, 2.24) is 14.9 Å². The van der Waals surface area contributed by atoms with E-state index in [1.807, 2.05) is 36.6 Å². The van der Waals surface area contributed by atoms with Crippen molar-refractivity contribution in [3.8, 4) is 0 Å². The second-order valence-corrected chi connectivity index (χ2v) is 5.61. The molecule has 0 aliphatic carbocycles. The van der Waals surface area contributed by atoms with Gasteiger partial charge in [-0.25, -0.2) is 4.98 Å². The van der Waals surface area contributed by atoms with Crippen molar-refractivity contribution in [3.63, 3.8) is 0 Å². The predicted molar refractivity (Wildman–Crippen MR) is 83.6 cm³/mol. The van der Waals surface area contributed by atoms with Crippen LogP contribution in [0.3, 0.4) is 0 Å². The fourth-order valence-electron chi connectivity index (χ4n) is 2.27. The van der Waals surface area contributed by atoms with Crippen LogP contribution in [-0.2, 0) is 16.1 Å². The molecule has 1 atom stereocenters. The number of carbonyl (C=O) groups excluding carboxylic acids is 1. The Morgan fingerprint density at radius 2 is 2.29 bits per heavy atom. The fourth-order valence-corrected chi connectivity index (χ4v) is 2.43. The van der Waals surface area contributed by atoms with E-state index in [2.05, 4.69) is 10.3 Å². The first-order valence-corrected chi connectivity index (χ1v) is 7.33. The molecule has 0 aliphatic rings. The van der Waals surface area contributed by atoms with Gasteiger partial charge in [0.25, 0.3) is 0 Å². The van der Waals surface area contributed by atoms with Crippen molar-refractivity contribution in [2.45, 2.75) is 25.8 Å². The number of fused-ring (bicyclic) bond motifs is 1. The highest BCUT2D eigenvalue weighted by atomic mass is 35.5. The number of methoxy groups -OCH3 is 1. The molecule has 1 heterocycles. The van der Waals surface area contributed by atoms with Crippen LogP contribution in [0.2, 0.25) is 0 Å². The summed E-state index contributed by atoms with van der Waals surface area (Å²) in [6, 6.07) is 5.92. The van der Waals surface area contributed by atoms with E-state index in [-0.39, 0.29) is 17.8 Å². The standard InChI is InChI=1S/C15H20ClN3O2/c1-10-5-4-6-12-14(10)18-15(11(2)16)19(12)9-13(20)17-7-8-21-3/h4-6,11H,7-9H2,1-3H3,(H,17,20). The van der Waals surface area contributed by atoms with E-state index in [0.29, 0.717) is 19.0 Å². The first-order chi connectivity index (χ1) is 10.0. The second kappa shape index (κ2) is 6.91. The minimum absolute atomic E-state index is 0.0774. The zero-order valence-corrected chi connectivity index (χ0v) is 13.3. The van der Waals surface area contributed by atoms with Gasteiger partial charge in [-0.05, 0) is 25.5 Å². The monoisotopic (exact) mass is 309 g/mol. The lowest BCUT2D eigenvalue weighted by molar-refractivity contribution is -0.121. The molecular formula is C15H20ClN3O2. The van der Waals surface area contributed by atoms with Gasteiger partial charge in [0.2, 0.25) is 5.91 Å². The third kappa shape index (κ3) is 3.54. The number of ether oxygens (including phenoxy) is 1. The zero-order valence-electron chi connectivity index (χ0n) is 12.5. The van der Waals surface area contributed by atoms with Gasteiger partial charge in [0.1, 0.15) is 12.4 Å². The van der Waals surface area contributed by atoms with Gasteiger partial charge in [0.05, 0.1) is 23.0 Å². The van der Waals surface area contributed by atoms with Gasteiger partial charge < -0.3 is 14.6 Å². The highest BCUT2D eigenvalue weighted by Crippen LogP contribution is 2.26. The summed E-state index contributed by atoms with van der Waals surface area (Å²) in [5.41, 5.74) is 2.90. The topological polar surface area (TPSA) is 56.1 Å². The van der Waals surface area contributed by atoms with Crippen LogP contribution < -0.4 is 5.32 Å². The quantitative estimate of drug-likeness (QED) is 0.658. The Morgan fingerprint density at radius 1 is 1.52 bits per heavy atom. The number of carbonyl (C=O) groups is 1. The number of halogens is 1. The summed E-state index contributed by atoms with van der Waals surface area (Å²) < 4.78 is 6.80. The van der Waals surface area contributed by atoms with Crippen LogP contribution in [-0.4, -0.2) is 35.7 Å².